The van der Waals surface area contributed by atoms with Crippen molar-refractivity contribution in [3.05, 3.63) is 34.3 Å². The molecule has 0 spiro atoms. The fourth-order valence-electron chi connectivity index (χ4n) is 3.21. The van der Waals surface area contributed by atoms with Crippen molar-refractivity contribution in [3.8, 4) is 0 Å². The van der Waals surface area contributed by atoms with Gasteiger partial charge in [-0.3, -0.25) is 4.90 Å². The third-order valence-electron chi connectivity index (χ3n) is 4.40. The van der Waals surface area contributed by atoms with Crippen LogP contribution < -0.4 is 0 Å². The Morgan fingerprint density at radius 1 is 1.46 bits per heavy atom. The van der Waals surface area contributed by atoms with Gasteiger partial charge in [0.05, 0.1) is 31.1 Å². The monoisotopic (exact) mass is 399 g/mol. The van der Waals surface area contributed by atoms with E-state index in [-0.39, 0.29) is 17.9 Å². The van der Waals surface area contributed by atoms with Gasteiger partial charge in [0.1, 0.15) is 0 Å². The maximum absolute atomic E-state index is 12.1. The number of aliphatic hydroxyl groups excluding tert-OH is 1. The molecule has 0 radical (unpaired) electrons. The van der Waals surface area contributed by atoms with Gasteiger partial charge in [-0.2, -0.15) is 0 Å². The van der Waals surface area contributed by atoms with E-state index in [1.54, 1.807) is 22.1 Å². The zero-order valence-electron chi connectivity index (χ0n) is 14.9. The van der Waals surface area contributed by atoms with Crippen LogP contribution in [0.4, 0.5) is 0 Å². The van der Waals surface area contributed by atoms with Crippen molar-refractivity contribution in [1.29, 1.82) is 0 Å². The topological polar surface area (TPSA) is 84.7 Å². The zero-order chi connectivity index (χ0) is 18.6. The summed E-state index contributed by atoms with van der Waals surface area (Å²) in [6, 6.07) is 4.06. The maximum Gasteiger partial charge on any atom is 0.227 e. The molecule has 3 heterocycles. The second-order valence-electron chi connectivity index (χ2n) is 6.56. The Bertz CT molecular complexity index is 796. The highest BCUT2D eigenvalue weighted by molar-refractivity contribution is 7.90. The van der Waals surface area contributed by atoms with E-state index in [4.69, 9.17) is 4.74 Å². The number of rotatable bonds is 9. The van der Waals surface area contributed by atoms with E-state index in [1.165, 1.54) is 11.1 Å². The van der Waals surface area contributed by atoms with Crippen molar-refractivity contribution >= 4 is 21.2 Å². The van der Waals surface area contributed by atoms with Crippen LogP contribution in [0.2, 0.25) is 0 Å². The zero-order valence-corrected chi connectivity index (χ0v) is 16.5. The quantitative estimate of drug-likeness (QED) is 0.688. The molecule has 3 rings (SSSR count). The lowest BCUT2D eigenvalue weighted by Crippen LogP contribution is -2.28. The number of sulfone groups is 1. The highest BCUT2D eigenvalue weighted by Gasteiger charge is 2.24. The van der Waals surface area contributed by atoms with Gasteiger partial charge in [-0.1, -0.05) is 6.07 Å². The molecule has 1 atom stereocenters. The van der Waals surface area contributed by atoms with Crippen LogP contribution in [-0.2, 0) is 34.2 Å². The van der Waals surface area contributed by atoms with Crippen LogP contribution in [0.5, 0.6) is 0 Å². The molecule has 2 aromatic heterocycles. The summed E-state index contributed by atoms with van der Waals surface area (Å²) >= 11 is 1.67. The van der Waals surface area contributed by atoms with E-state index >= 15 is 0 Å². The smallest absolute Gasteiger partial charge is 0.227 e. The van der Waals surface area contributed by atoms with Crippen molar-refractivity contribution in [2.75, 3.05) is 26.0 Å². The summed E-state index contributed by atoms with van der Waals surface area (Å²) in [6.45, 7) is 2.99. The van der Waals surface area contributed by atoms with Crippen molar-refractivity contribution < 1.29 is 18.3 Å². The molecule has 0 saturated carbocycles. The number of aromatic nitrogens is 2. The second-order valence-corrected chi connectivity index (χ2v) is 9.51. The largest absolute Gasteiger partial charge is 0.395 e. The molecule has 9 heteroatoms. The Kier molecular flexibility index (Phi) is 6.46. The molecule has 144 valence electrons. The third kappa shape index (κ3) is 4.92. The Morgan fingerprint density at radius 3 is 2.92 bits per heavy atom. The minimum absolute atomic E-state index is 0.0204. The van der Waals surface area contributed by atoms with Gasteiger partial charge in [0.15, 0.2) is 0 Å². The number of thiophene rings is 1. The Morgan fingerprint density at radius 2 is 2.31 bits per heavy atom. The van der Waals surface area contributed by atoms with E-state index in [0.29, 0.717) is 26.2 Å². The standard InChI is InChI=1S/C17H25N3O4S2/c1-26(22,23)17-18-10-14(20(17)12-15-4-2-8-24-15)11-19(6-7-21)13-16-5-3-9-25-16/h3,5,9-10,15,21H,2,4,6-8,11-13H2,1H3. The summed E-state index contributed by atoms with van der Waals surface area (Å²) in [7, 11) is -3.42. The average Bonchev–Trinajstić information content (AvgIpc) is 3.30. The van der Waals surface area contributed by atoms with Gasteiger partial charge in [0.25, 0.3) is 0 Å². The molecule has 1 fully saturated rings. The minimum Gasteiger partial charge on any atom is -0.395 e. The molecule has 1 unspecified atom stereocenters. The van der Waals surface area contributed by atoms with Gasteiger partial charge in [-0.15, -0.1) is 11.3 Å². The summed E-state index contributed by atoms with van der Waals surface area (Å²) in [4.78, 5) is 7.47. The number of aliphatic hydroxyl groups is 1. The third-order valence-corrected chi connectivity index (χ3v) is 6.26. The maximum atomic E-state index is 12.1. The van der Waals surface area contributed by atoms with Gasteiger partial charge >= 0.3 is 0 Å². The highest BCUT2D eigenvalue weighted by Crippen LogP contribution is 2.21. The van der Waals surface area contributed by atoms with E-state index < -0.39 is 9.84 Å². The molecule has 0 aliphatic carbocycles. The summed E-state index contributed by atoms with van der Waals surface area (Å²) in [6.07, 6.45) is 4.76. The first-order valence-electron chi connectivity index (χ1n) is 8.69. The SMILES string of the molecule is CS(=O)(=O)c1ncc(CN(CCO)Cc2cccs2)n1CC1CCCO1. The van der Waals surface area contributed by atoms with Crippen molar-refractivity contribution in [3.63, 3.8) is 0 Å². The molecule has 1 aliphatic heterocycles. The van der Waals surface area contributed by atoms with Gasteiger partial charge in [0.2, 0.25) is 15.0 Å². The van der Waals surface area contributed by atoms with Crippen LogP contribution in [0, 0.1) is 0 Å². The Balaban J connectivity index is 1.83. The van der Waals surface area contributed by atoms with Crippen LogP contribution in [0.25, 0.3) is 0 Å². The first-order chi connectivity index (χ1) is 12.5. The number of ether oxygens (including phenoxy) is 1. The molecule has 2 aromatic rings. The predicted molar refractivity (Wildman–Crippen MR) is 99.8 cm³/mol. The molecule has 26 heavy (non-hydrogen) atoms. The average molecular weight is 400 g/mol. The van der Waals surface area contributed by atoms with Crippen LogP contribution in [-0.4, -0.2) is 60.1 Å². The van der Waals surface area contributed by atoms with Gasteiger partial charge in [-0.25, -0.2) is 13.4 Å². The van der Waals surface area contributed by atoms with Crippen LogP contribution in [0.3, 0.4) is 0 Å². The molecular formula is C17H25N3O4S2. The van der Waals surface area contributed by atoms with Crippen molar-refractivity contribution in [2.24, 2.45) is 0 Å². The van der Waals surface area contributed by atoms with E-state index in [0.717, 1.165) is 25.1 Å². The van der Waals surface area contributed by atoms with Crippen LogP contribution in [0.15, 0.2) is 28.9 Å². The van der Waals surface area contributed by atoms with Crippen LogP contribution >= 0.6 is 11.3 Å². The lowest BCUT2D eigenvalue weighted by molar-refractivity contribution is 0.0928. The van der Waals surface area contributed by atoms with E-state index in [9.17, 15) is 13.5 Å². The fraction of sp³-hybridized carbons (Fsp3) is 0.588. The molecule has 1 aliphatic rings. The fourth-order valence-corrected chi connectivity index (χ4v) is 4.79. The summed E-state index contributed by atoms with van der Waals surface area (Å²) in [5, 5.41) is 11.5. The molecule has 7 nitrogen and oxygen atoms in total. The van der Waals surface area contributed by atoms with Crippen molar-refractivity contribution in [1.82, 2.24) is 14.5 Å². The first-order valence-corrected chi connectivity index (χ1v) is 11.5. The lowest BCUT2D eigenvalue weighted by Gasteiger charge is -2.22. The lowest BCUT2D eigenvalue weighted by atomic mass is 10.2. The van der Waals surface area contributed by atoms with E-state index in [2.05, 4.69) is 16.0 Å². The normalized spacial score (nSPS) is 18.0. The number of hydrogen-bond donors (Lipinski definition) is 1. The summed E-state index contributed by atoms with van der Waals surface area (Å²) < 4.78 is 31.7. The van der Waals surface area contributed by atoms with Gasteiger partial charge < -0.3 is 14.4 Å². The first kappa shape index (κ1) is 19.5. The highest BCUT2D eigenvalue weighted by atomic mass is 32.2. The number of hydrogen-bond acceptors (Lipinski definition) is 7. The molecular weight excluding hydrogens is 374 g/mol. The van der Waals surface area contributed by atoms with Gasteiger partial charge in [0, 0.05) is 37.4 Å². The molecule has 0 aromatic carbocycles. The molecule has 0 amide bonds. The van der Waals surface area contributed by atoms with Gasteiger partial charge in [-0.05, 0) is 24.3 Å². The Hall–Kier alpha value is -1.26. The Labute approximate surface area is 158 Å². The second kappa shape index (κ2) is 8.62. The molecule has 1 N–H and O–H groups in total. The summed E-state index contributed by atoms with van der Waals surface area (Å²) in [5.74, 6) is 0. The minimum atomic E-state index is -3.42. The number of nitrogens with zero attached hydrogens (tertiary/aromatic N) is 3. The summed E-state index contributed by atoms with van der Waals surface area (Å²) in [5.41, 5.74) is 0.825. The van der Waals surface area contributed by atoms with E-state index in [1.807, 2.05) is 11.4 Å². The van der Waals surface area contributed by atoms with Crippen molar-refractivity contribution in [2.45, 2.75) is 43.7 Å². The number of imidazole rings is 1. The predicted octanol–water partition coefficient (Wildman–Crippen LogP) is 1.52. The molecule has 1 saturated heterocycles. The van der Waals surface area contributed by atoms with Crippen LogP contribution in [0.1, 0.15) is 23.4 Å². The molecule has 0 bridgehead atoms.